The summed E-state index contributed by atoms with van der Waals surface area (Å²) in [5, 5.41) is 0. The molecule has 0 bridgehead atoms. The molecular formula is C22H20F5NO3. The van der Waals surface area contributed by atoms with Crippen LogP contribution in [0.15, 0.2) is 42.5 Å². The topological polar surface area (TPSA) is 46.6 Å². The summed E-state index contributed by atoms with van der Waals surface area (Å²) in [6.45, 7) is 1.95. The van der Waals surface area contributed by atoms with Gasteiger partial charge in [-0.2, -0.15) is 13.2 Å². The Balaban J connectivity index is 1.55. The van der Waals surface area contributed by atoms with Crippen LogP contribution >= 0.6 is 0 Å². The molecule has 1 heterocycles. The summed E-state index contributed by atoms with van der Waals surface area (Å²) in [7, 11) is 0. The van der Waals surface area contributed by atoms with Gasteiger partial charge < -0.3 is 9.64 Å². The van der Waals surface area contributed by atoms with Crippen molar-refractivity contribution in [3.63, 3.8) is 0 Å². The number of ether oxygens (including phenoxy) is 1. The zero-order chi connectivity index (χ0) is 22.8. The molecule has 9 heteroatoms. The Kier molecular flexibility index (Phi) is 6.62. The van der Waals surface area contributed by atoms with Crippen molar-refractivity contribution in [2.24, 2.45) is 5.92 Å². The molecule has 31 heavy (non-hydrogen) atoms. The van der Waals surface area contributed by atoms with E-state index in [1.807, 2.05) is 0 Å². The molecule has 0 aromatic heterocycles. The van der Waals surface area contributed by atoms with Crippen molar-refractivity contribution in [1.29, 1.82) is 0 Å². The third-order valence-electron chi connectivity index (χ3n) is 5.27. The average molecular weight is 441 g/mol. The summed E-state index contributed by atoms with van der Waals surface area (Å²) in [6.07, 6.45) is -4.76. The fraction of sp³-hybridized carbons (Fsp3) is 0.364. The molecule has 166 valence electrons. The number of hydrogen-bond donors (Lipinski definition) is 0. The van der Waals surface area contributed by atoms with Crippen molar-refractivity contribution in [3.05, 3.63) is 70.8 Å². The first kappa shape index (κ1) is 22.7. The highest BCUT2D eigenvalue weighted by molar-refractivity contribution is 5.94. The summed E-state index contributed by atoms with van der Waals surface area (Å²) < 4.78 is 70.2. The van der Waals surface area contributed by atoms with E-state index in [0.29, 0.717) is 18.9 Å². The van der Waals surface area contributed by atoms with Crippen LogP contribution < -0.4 is 0 Å². The molecule has 4 nitrogen and oxygen atoms in total. The lowest BCUT2D eigenvalue weighted by Gasteiger charge is -2.31. The number of piperidine rings is 1. The second-order valence-corrected chi connectivity index (χ2v) is 7.39. The molecule has 0 saturated carbocycles. The van der Waals surface area contributed by atoms with Gasteiger partial charge in [-0.05, 0) is 56.2 Å². The lowest BCUT2D eigenvalue weighted by molar-refractivity contribution is -0.155. The predicted octanol–water partition coefficient (Wildman–Crippen LogP) is 5.14. The number of rotatable bonds is 4. The normalized spacial score (nSPS) is 16.1. The van der Waals surface area contributed by atoms with Crippen LogP contribution in [0.5, 0.6) is 0 Å². The minimum atomic E-state index is -4.48. The Morgan fingerprint density at radius 1 is 1.03 bits per heavy atom. The van der Waals surface area contributed by atoms with Crippen molar-refractivity contribution >= 4 is 11.9 Å². The summed E-state index contributed by atoms with van der Waals surface area (Å²) in [5.41, 5.74) is -0.642. The van der Waals surface area contributed by atoms with Crippen LogP contribution in [0.1, 0.15) is 47.4 Å². The van der Waals surface area contributed by atoms with Gasteiger partial charge in [0.2, 0.25) is 0 Å². The third kappa shape index (κ3) is 5.39. The number of alkyl halides is 3. The van der Waals surface area contributed by atoms with Gasteiger partial charge in [-0.3, -0.25) is 9.59 Å². The van der Waals surface area contributed by atoms with Crippen molar-refractivity contribution in [2.75, 3.05) is 13.1 Å². The van der Waals surface area contributed by atoms with Crippen molar-refractivity contribution in [1.82, 2.24) is 4.90 Å². The van der Waals surface area contributed by atoms with Gasteiger partial charge in [-0.15, -0.1) is 0 Å². The van der Waals surface area contributed by atoms with E-state index in [2.05, 4.69) is 0 Å². The fourth-order valence-corrected chi connectivity index (χ4v) is 3.47. The van der Waals surface area contributed by atoms with Gasteiger partial charge in [0, 0.05) is 30.3 Å². The Morgan fingerprint density at radius 2 is 1.65 bits per heavy atom. The van der Waals surface area contributed by atoms with Gasteiger partial charge in [0.05, 0.1) is 11.5 Å². The van der Waals surface area contributed by atoms with E-state index in [1.54, 1.807) is 0 Å². The van der Waals surface area contributed by atoms with Crippen LogP contribution in [0.2, 0.25) is 0 Å². The third-order valence-corrected chi connectivity index (χ3v) is 5.27. The number of esters is 1. The smallest absolute Gasteiger partial charge is 0.416 e. The maximum absolute atomic E-state index is 13.8. The maximum Gasteiger partial charge on any atom is 0.416 e. The van der Waals surface area contributed by atoms with Gasteiger partial charge in [0.15, 0.2) is 0 Å². The zero-order valence-corrected chi connectivity index (χ0v) is 16.6. The molecule has 0 radical (unpaired) electrons. The largest absolute Gasteiger partial charge is 0.457 e. The molecule has 0 N–H and O–H groups in total. The van der Waals surface area contributed by atoms with Crippen LogP contribution in [0.25, 0.3) is 0 Å². The highest BCUT2D eigenvalue weighted by atomic mass is 19.4. The van der Waals surface area contributed by atoms with Crippen LogP contribution in [0.4, 0.5) is 22.0 Å². The van der Waals surface area contributed by atoms with Crippen LogP contribution in [-0.4, -0.2) is 29.9 Å². The van der Waals surface area contributed by atoms with Gasteiger partial charge in [0.1, 0.15) is 17.7 Å². The van der Waals surface area contributed by atoms with E-state index in [0.717, 1.165) is 30.3 Å². The molecule has 1 fully saturated rings. The molecule has 1 atom stereocenters. The summed E-state index contributed by atoms with van der Waals surface area (Å²) in [6, 6.07) is 6.97. The molecule has 3 rings (SSSR count). The van der Waals surface area contributed by atoms with E-state index >= 15 is 0 Å². The molecule has 1 aliphatic rings. The van der Waals surface area contributed by atoms with Gasteiger partial charge in [-0.25, -0.2) is 8.78 Å². The van der Waals surface area contributed by atoms with Gasteiger partial charge in [-0.1, -0.05) is 0 Å². The molecule has 2 aromatic carbocycles. The number of benzene rings is 2. The SMILES string of the molecule is CC(OC(=O)C1CCN(C(=O)c2ccc(C(F)(F)F)cc2)CC1)c1ccc(F)cc1F. The first-order valence-electron chi connectivity index (χ1n) is 9.68. The Bertz CT molecular complexity index is 951. The number of carbonyl (C=O) groups is 2. The van der Waals surface area contributed by atoms with Gasteiger partial charge in [0.25, 0.3) is 5.91 Å². The summed E-state index contributed by atoms with van der Waals surface area (Å²) in [4.78, 5) is 26.4. The first-order valence-corrected chi connectivity index (χ1v) is 9.68. The minimum absolute atomic E-state index is 0.0599. The second kappa shape index (κ2) is 9.03. The fourth-order valence-electron chi connectivity index (χ4n) is 3.47. The zero-order valence-electron chi connectivity index (χ0n) is 16.6. The van der Waals surface area contributed by atoms with E-state index < -0.39 is 47.3 Å². The average Bonchev–Trinajstić information content (AvgIpc) is 2.72. The van der Waals surface area contributed by atoms with Crippen LogP contribution in [0, 0.1) is 17.6 Å². The molecule has 1 saturated heterocycles. The van der Waals surface area contributed by atoms with Gasteiger partial charge >= 0.3 is 12.1 Å². The maximum atomic E-state index is 13.8. The van der Waals surface area contributed by atoms with E-state index in [-0.39, 0.29) is 24.2 Å². The molecular weight excluding hydrogens is 421 g/mol. The highest BCUT2D eigenvalue weighted by Crippen LogP contribution is 2.30. The second-order valence-electron chi connectivity index (χ2n) is 7.39. The number of likely N-dealkylation sites (tertiary alicyclic amines) is 1. The van der Waals surface area contributed by atoms with Crippen molar-refractivity contribution in [2.45, 2.75) is 32.0 Å². The number of halogens is 5. The molecule has 2 aromatic rings. The Labute approximate surface area is 175 Å². The number of amides is 1. The predicted molar refractivity (Wildman–Crippen MR) is 101 cm³/mol. The number of carbonyl (C=O) groups excluding carboxylic acids is 2. The number of nitrogens with zero attached hydrogens (tertiary/aromatic N) is 1. The summed E-state index contributed by atoms with van der Waals surface area (Å²) in [5.74, 6) is -3.00. The monoisotopic (exact) mass is 441 g/mol. The van der Waals surface area contributed by atoms with Crippen molar-refractivity contribution < 1.29 is 36.3 Å². The quantitative estimate of drug-likeness (QED) is 0.488. The molecule has 1 amide bonds. The Hall–Kier alpha value is -2.97. The standard InChI is InChI=1S/C22H20F5NO3/c1-13(18-7-6-17(23)12-19(18)24)31-21(30)15-8-10-28(11-9-15)20(29)14-2-4-16(5-3-14)22(25,26)27/h2-7,12-13,15H,8-11H2,1H3. The molecule has 1 aliphatic heterocycles. The molecule has 1 unspecified atom stereocenters. The molecule has 0 spiro atoms. The van der Waals surface area contributed by atoms with E-state index in [9.17, 15) is 31.5 Å². The van der Waals surface area contributed by atoms with E-state index in [4.69, 9.17) is 4.74 Å². The Morgan fingerprint density at radius 3 is 2.19 bits per heavy atom. The van der Waals surface area contributed by atoms with Crippen LogP contribution in [-0.2, 0) is 15.7 Å². The highest BCUT2D eigenvalue weighted by Gasteiger charge is 2.32. The first-order chi connectivity index (χ1) is 14.6. The van der Waals surface area contributed by atoms with Crippen molar-refractivity contribution in [3.8, 4) is 0 Å². The lowest BCUT2D eigenvalue weighted by Crippen LogP contribution is -2.40. The lowest BCUT2D eigenvalue weighted by atomic mass is 9.96. The summed E-state index contributed by atoms with van der Waals surface area (Å²) >= 11 is 0. The van der Waals surface area contributed by atoms with Crippen LogP contribution in [0.3, 0.4) is 0 Å². The molecule has 0 aliphatic carbocycles. The number of hydrogen-bond acceptors (Lipinski definition) is 3. The minimum Gasteiger partial charge on any atom is -0.457 e. The van der Waals surface area contributed by atoms with E-state index in [1.165, 1.54) is 17.9 Å².